The van der Waals surface area contributed by atoms with E-state index in [1.807, 2.05) is 31.5 Å². The predicted octanol–water partition coefficient (Wildman–Crippen LogP) is 3.22. The fourth-order valence-electron chi connectivity index (χ4n) is 2.96. The second kappa shape index (κ2) is 6.85. The summed E-state index contributed by atoms with van der Waals surface area (Å²) in [6.07, 6.45) is 3.32. The molecule has 0 radical (unpaired) electrons. The maximum absolute atomic E-state index is 12.4. The van der Waals surface area contributed by atoms with E-state index >= 15 is 0 Å². The molecule has 0 aromatic carbocycles. The summed E-state index contributed by atoms with van der Waals surface area (Å²) in [7, 11) is 1.86. The summed E-state index contributed by atoms with van der Waals surface area (Å²) in [4.78, 5) is 27.0. The Morgan fingerprint density at radius 3 is 2.73 bits per heavy atom. The lowest BCUT2D eigenvalue weighted by atomic mass is 9.93. The zero-order valence-corrected chi connectivity index (χ0v) is 16.3. The van der Waals surface area contributed by atoms with E-state index in [0.717, 1.165) is 34.3 Å². The van der Waals surface area contributed by atoms with Gasteiger partial charge in [-0.1, -0.05) is 0 Å². The van der Waals surface area contributed by atoms with E-state index < -0.39 is 0 Å². The third-order valence-corrected chi connectivity index (χ3v) is 6.87. The van der Waals surface area contributed by atoms with Gasteiger partial charge >= 0.3 is 0 Å². The number of amides is 2. The van der Waals surface area contributed by atoms with Crippen LogP contribution in [0, 0.1) is 6.92 Å². The van der Waals surface area contributed by atoms with E-state index in [0.29, 0.717) is 22.3 Å². The second-order valence-electron chi connectivity index (χ2n) is 6.67. The molecule has 0 spiro atoms. The Morgan fingerprint density at radius 1 is 1.27 bits per heavy atom. The third-order valence-electron chi connectivity index (χ3n) is 4.62. The van der Waals surface area contributed by atoms with Crippen LogP contribution in [-0.4, -0.2) is 27.6 Å². The minimum Gasteiger partial charge on any atom is -0.349 e. The third kappa shape index (κ3) is 3.26. The standard InChI is InChI=1S/C18H20N4O2S2/c1-10-6-14(25-9-10)16(23)19-8-13-12-7-15(26-18(12)22(2)21-13)17(24)20-11-4-3-5-11/h6-7,9,11H,3-5,8H2,1-2H3,(H,19,23)(H,20,24). The first-order valence-electron chi connectivity index (χ1n) is 8.61. The van der Waals surface area contributed by atoms with Crippen LogP contribution in [0.25, 0.3) is 10.2 Å². The number of nitrogens with one attached hydrogen (secondary N) is 2. The highest BCUT2D eigenvalue weighted by atomic mass is 32.1. The first kappa shape index (κ1) is 17.2. The molecule has 1 aliphatic carbocycles. The van der Waals surface area contributed by atoms with Gasteiger partial charge in [-0.05, 0) is 49.3 Å². The lowest BCUT2D eigenvalue weighted by Crippen LogP contribution is -2.39. The molecule has 3 aromatic heterocycles. The van der Waals surface area contributed by atoms with E-state index in [-0.39, 0.29) is 11.8 Å². The van der Waals surface area contributed by atoms with Gasteiger partial charge in [0.1, 0.15) is 4.83 Å². The number of thiophene rings is 2. The fraction of sp³-hybridized carbons (Fsp3) is 0.389. The van der Waals surface area contributed by atoms with Crippen LogP contribution >= 0.6 is 22.7 Å². The van der Waals surface area contributed by atoms with Crippen molar-refractivity contribution in [2.24, 2.45) is 7.05 Å². The van der Waals surface area contributed by atoms with E-state index in [4.69, 9.17) is 0 Å². The van der Waals surface area contributed by atoms with E-state index in [1.54, 1.807) is 4.68 Å². The molecule has 1 fully saturated rings. The van der Waals surface area contributed by atoms with E-state index in [9.17, 15) is 9.59 Å². The lowest BCUT2D eigenvalue weighted by Gasteiger charge is -2.25. The molecule has 0 atom stereocenters. The van der Waals surface area contributed by atoms with Crippen molar-refractivity contribution in [3.05, 3.63) is 38.5 Å². The molecule has 0 bridgehead atoms. The van der Waals surface area contributed by atoms with Crippen molar-refractivity contribution in [2.75, 3.05) is 0 Å². The summed E-state index contributed by atoms with van der Waals surface area (Å²) in [5, 5.41) is 13.4. The number of hydrogen-bond acceptors (Lipinski definition) is 5. The Balaban J connectivity index is 1.50. The minimum atomic E-state index is -0.0971. The van der Waals surface area contributed by atoms with Crippen molar-refractivity contribution in [3.63, 3.8) is 0 Å². The molecule has 26 heavy (non-hydrogen) atoms. The van der Waals surface area contributed by atoms with Crippen LogP contribution < -0.4 is 10.6 Å². The Labute approximate surface area is 159 Å². The van der Waals surface area contributed by atoms with Crippen LogP contribution in [-0.2, 0) is 13.6 Å². The zero-order valence-electron chi connectivity index (χ0n) is 14.7. The maximum Gasteiger partial charge on any atom is 0.261 e. The van der Waals surface area contributed by atoms with Crippen molar-refractivity contribution in [3.8, 4) is 0 Å². The molecule has 6 nitrogen and oxygen atoms in total. The van der Waals surface area contributed by atoms with Gasteiger partial charge in [-0.15, -0.1) is 22.7 Å². The average molecular weight is 389 g/mol. The zero-order chi connectivity index (χ0) is 18.3. The molecule has 4 rings (SSSR count). The number of aryl methyl sites for hydroxylation is 2. The van der Waals surface area contributed by atoms with Gasteiger partial charge in [-0.25, -0.2) is 0 Å². The van der Waals surface area contributed by atoms with Crippen LogP contribution in [0.5, 0.6) is 0 Å². The first-order valence-corrected chi connectivity index (χ1v) is 10.3. The Morgan fingerprint density at radius 2 is 2.08 bits per heavy atom. The van der Waals surface area contributed by atoms with Crippen LogP contribution in [0.2, 0.25) is 0 Å². The smallest absolute Gasteiger partial charge is 0.261 e. The molecule has 0 aliphatic heterocycles. The maximum atomic E-state index is 12.4. The molecule has 1 saturated carbocycles. The molecular weight excluding hydrogens is 368 g/mol. The lowest BCUT2D eigenvalue weighted by molar-refractivity contribution is 0.0919. The van der Waals surface area contributed by atoms with Crippen molar-refractivity contribution in [1.29, 1.82) is 0 Å². The normalized spacial score (nSPS) is 14.4. The molecule has 0 saturated heterocycles. The molecule has 0 unspecified atom stereocenters. The molecule has 2 N–H and O–H groups in total. The number of nitrogens with zero attached hydrogens (tertiary/aromatic N) is 2. The highest BCUT2D eigenvalue weighted by Crippen LogP contribution is 2.29. The van der Waals surface area contributed by atoms with Crippen LogP contribution in [0.4, 0.5) is 0 Å². The minimum absolute atomic E-state index is 0.0139. The van der Waals surface area contributed by atoms with E-state index in [1.165, 1.54) is 29.1 Å². The topological polar surface area (TPSA) is 76.0 Å². The highest BCUT2D eigenvalue weighted by Gasteiger charge is 2.23. The summed E-state index contributed by atoms with van der Waals surface area (Å²) in [6.45, 7) is 2.31. The van der Waals surface area contributed by atoms with Crippen LogP contribution in [0.1, 0.15) is 49.9 Å². The predicted molar refractivity (Wildman–Crippen MR) is 104 cm³/mol. The van der Waals surface area contributed by atoms with Gasteiger partial charge in [0.25, 0.3) is 11.8 Å². The van der Waals surface area contributed by atoms with Gasteiger partial charge in [-0.2, -0.15) is 5.10 Å². The quantitative estimate of drug-likeness (QED) is 0.705. The van der Waals surface area contributed by atoms with Gasteiger partial charge in [0.05, 0.1) is 22.0 Å². The van der Waals surface area contributed by atoms with Crippen molar-refractivity contribution >= 4 is 44.7 Å². The van der Waals surface area contributed by atoms with Crippen LogP contribution in [0.3, 0.4) is 0 Å². The van der Waals surface area contributed by atoms with Crippen LogP contribution in [0.15, 0.2) is 17.5 Å². The summed E-state index contributed by atoms with van der Waals surface area (Å²) >= 11 is 2.88. The number of aromatic nitrogens is 2. The number of hydrogen-bond donors (Lipinski definition) is 2. The van der Waals surface area contributed by atoms with Gasteiger partial charge in [0, 0.05) is 18.5 Å². The number of rotatable bonds is 5. The summed E-state index contributed by atoms with van der Waals surface area (Å²) < 4.78 is 1.77. The first-order chi connectivity index (χ1) is 12.5. The summed E-state index contributed by atoms with van der Waals surface area (Å²) in [5.74, 6) is -0.111. The summed E-state index contributed by atoms with van der Waals surface area (Å²) in [6, 6.07) is 4.08. The van der Waals surface area contributed by atoms with Gasteiger partial charge in [0.15, 0.2) is 0 Å². The number of fused-ring (bicyclic) bond motifs is 1. The molecule has 3 heterocycles. The fourth-order valence-corrected chi connectivity index (χ4v) is 4.77. The summed E-state index contributed by atoms with van der Waals surface area (Å²) in [5.41, 5.74) is 1.86. The Hall–Kier alpha value is -2.19. The average Bonchev–Trinajstić information content (AvgIpc) is 3.26. The van der Waals surface area contributed by atoms with Gasteiger partial charge in [-0.3, -0.25) is 14.3 Å². The molecule has 3 aromatic rings. The monoisotopic (exact) mass is 388 g/mol. The molecule has 2 amide bonds. The van der Waals surface area contributed by atoms with Crippen molar-refractivity contribution in [1.82, 2.24) is 20.4 Å². The van der Waals surface area contributed by atoms with Crippen molar-refractivity contribution < 1.29 is 9.59 Å². The number of carbonyl (C=O) groups is 2. The molecule has 1 aliphatic rings. The van der Waals surface area contributed by atoms with Crippen molar-refractivity contribution in [2.45, 2.75) is 38.8 Å². The van der Waals surface area contributed by atoms with Gasteiger partial charge < -0.3 is 10.6 Å². The van der Waals surface area contributed by atoms with Gasteiger partial charge in [0.2, 0.25) is 0 Å². The second-order valence-corrected chi connectivity index (χ2v) is 8.61. The highest BCUT2D eigenvalue weighted by molar-refractivity contribution is 7.20. The SMILES string of the molecule is Cc1csc(C(=O)NCc2nn(C)c3sc(C(=O)NC4CCC4)cc23)c1. The van der Waals surface area contributed by atoms with E-state index in [2.05, 4.69) is 15.7 Å². The molecule has 136 valence electrons. The molecule has 8 heteroatoms. The largest absolute Gasteiger partial charge is 0.349 e. The Kier molecular flexibility index (Phi) is 4.54. The Bertz CT molecular complexity index is 981. The molecular formula is C18H20N4O2S2. The number of carbonyl (C=O) groups excluding carboxylic acids is 2.